The minimum absolute atomic E-state index is 0.0967. The molecule has 8 nitrogen and oxygen atoms in total. The summed E-state index contributed by atoms with van der Waals surface area (Å²) in [5.41, 5.74) is -1.84. The van der Waals surface area contributed by atoms with Crippen LogP contribution in [0.4, 0.5) is 0 Å². The van der Waals surface area contributed by atoms with E-state index in [9.17, 15) is 24.0 Å². The molecule has 2 N–H and O–H groups in total. The van der Waals surface area contributed by atoms with Crippen LogP contribution in [0.2, 0.25) is 0 Å². The standard InChI is InChI=1S/C20H31N3O5.2C2H6/c1-12(2)16(17(27)21-10-13(3)24)22-18(28)19(4,5)11-20(6,7)23-14(25)8-9-15(23)26;2*1-2/h8-9,12,16H,10-11H2,1-7H3,(H,21,27)(H,22,28);2*1-2H3. The number of nitrogens with one attached hydrogen (secondary N) is 2. The number of amides is 4. The third-order valence-corrected chi connectivity index (χ3v) is 4.65. The molecular weight excluding hydrogens is 410 g/mol. The third kappa shape index (κ3) is 9.32. The van der Waals surface area contributed by atoms with Gasteiger partial charge in [-0.25, -0.2) is 0 Å². The summed E-state index contributed by atoms with van der Waals surface area (Å²) >= 11 is 0. The SMILES string of the molecule is CC.CC.CC(=O)CNC(=O)C(NC(=O)C(C)(C)CC(C)(C)N1C(=O)C=CC1=O)C(C)C. The zero-order valence-electron chi connectivity index (χ0n) is 21.7. The Hall–Kier alpha value is -2.51. The Morgan fingerprint density at radius 1 is 0.938 bits per heavy atom. The quantitative estimate of drug-likeness (QED) is 0.521. The molecule has 1 aliphatic heterocycles. The van der Waals surface area contributed by atoms with E-state index in [0.29, 0.717) is 0 Å². The van der Waals surface area contributed by atoms with Gasteiger partial charge < -0.3 is 10.6 Å². The molecular formula is C24H43N3O5. The van der Waals surface area contributed by atoms with Gasteiger partial charge in [0.05, 0.1) is 6.54 Å². The lowest BCUT2D eigenvalue weighted by molar-refractivity contribution is -0.146. The number of nitrogens with zero attached hydrogens (tertiary/aromatic N) is 1. The predicted octanol–water partition coefficient (Wildman–Crippen LogP) is 3.00. The maximum Gasteiger partial charge on any atom is 0.254 e. The van der Waals surface area contributed by atoms with Gasteiger partial charge in [-0.1, -0.05) is 55.4 Å². The van der Waals surface area contributed by atoms with Crippen molar-refractivity contribution in [1.29, 1.82) is 0 Å². The van der Waals surface area contributed by atoms with Crippen LogP contribution in [0.5, 0.6) is 0 Å². The van der Waals surface area contributed by atoms with E-state index in [1.807, 2.05) is 27.7 Å². The second kappa shape index (κ2) is 13.8. The molecule has 4 amide bonds. The fourth-order valence-corrected chi connectivity index (χ4v) is 3.43. The molecule has 0 aliphatic carbocycles. The number of hydrogen-bond donors (Lipinski definition) is 2. The maximum atomic E-state index is 12.9. The fourth-order valence-electron chi connectivity index (χ4n) is 3.43. The number of imide groups is 1. The minimum atomic E-state index is -0.958. The van der Waals surface area contributed by atoms with Crippen molar-refractivity contribution in [2.75, 3.05) is 6.54 Å². The minimum Gasteiger partial charge on any atom is -0.347 e. The summed E-state index contributed by atoms with van der Waals surface area (Å²) in [6.45, 7) is 19.7. The fraction of sp³-hybridized carbons (Fsp3) is 0.708. The van der Waals surface area contributed by atoms with Crippen molar-refractivity contribution in [2.24, 2.45) is 11.3 Å². The van der Waals surface area contributed by atoms with Crippen molar-refractivity contribution in [3.63, 3.8) is 0 Å². The Bertz CT molecular complexity index is 690. The van der Waals surface area contributed by atoms with E-state index >= 15 is 0 Å². The first-order valence-corrected chi connectivity index (χ1v) is 11.3. The summed E-state index contributed by atoms with van der Waals surface area (Å²) in [5, 5.41) is 5.27. The molecule has 0 aromatic carbocycles. The monoisotopic (exact) mass is 453 g/mol. The first-order valence-electron chi connectivity index (χ1n) is 11.3. The summed E-state index contributed by atoms with van der Waals surface area (Å²) in [4.78, 5) is 61.5. The van der Waals surface area contributed by atoms with Gasteiger partial charge >= 0.3 is 0 Å². The second-order valence-corrected chi connectivity index (χ2v) is 8.83. The molecule has 0 spiro atoms. The van der Waals surface area contributed by atoms with Crippen LogP contribution in [0.1, 0.15) is 82.6 Å². The first kappa shape index (κ1) is 31.7. The molecule has 0 fully saturated rings. The molecule has 1 aliphatic rings. The van der Waals surface area contributed by atoms with Gasteiger partial charge in [-0.3, -0.25) is 28.9 Å². The van der Waals surface area contributed by atoms with Crippen LogP contribution >= 0.6 is 0 Å². The molecule has 1 unspecified atom stereocenters. The predicted molar refractivity (Wildman–Crippen MR) is 127 cm³/mol. The van der Waals surface area contributed by atoms with Crippen LogP contribution in [0.3, 0.4) is 0 Å². The van der Waals surface area contributed by atoms with Gasteiger partial charge in [-0.05, 0) is 33.1 Å². The Morgan fingerprint density at radius 3 is 1.75 bits per heavy atom. The number of rotatable bonds is 9. The molecule has 0 saturated carbocycles. The summed E-state index contributed by atoms with van der Waals surface area (Å²) in [6.07, 6.45) is 2.64. The van der Waals surface area contributed by atoms with Crippen molar-refractivity contribution >= 4 is 29.4 Å². The Kier molecular flexibility index (Phi) is 13.7. The highest BCUT2D eigenvalue weighted by Crippen LogP contribution is 2.34. The van der Waals surface area contributed by atoms with Crippen LogP contribution in [0, 0.1) is 11.3 Å². The highest BCUT2D eigenvalue weighted by Gasteiger charge is 2.44. The van der Waals surface area contributed by atoms with Crippen molar-refractivity contribution in [3.8, 4) is 0 Å². The summed E-state index contributed by atoms with van der Waals surface area (Å²) in [7, 11) is 0. The molecule has 1 heterocycles. The molecule has 0 bridgehead atoms. The van der Waals surface area contributed by atoms with Gasteiger partial charge in [0.15, 0.2) is 0 Å². The van der Waals surface area contributed by atoms with Crippen molar-refractivity contribution in [2.45, 2.75) is 94.2 Å². The second-order valence-electron chi connectivity index (χ2n) is 8.83. The summed E-state index contributed by atoms with van der Waals surface area (Å²) in [5.74, 6) is -1.99. The van der Waals surface area contributed by atoms with Gasteiger partial charge in [-0.15, -0.1) is 0 Å². The largest absolute Gasteiger partial charge is 0.347 e. The molecule has 0 radical (unpaired) electrons. The molecule has 32 heavy (non-hydrogen) atoms. The van der Waals surface area contributed by atoms with E-state index in [4.69, 9.17) is 0 Å². The van der Waals surface area contributed by atoms with Crippen molar-refractivity contribution in [1.82, 2.24) is 15.5 Å². The van der Waals surface area contributed by atoms with E-state index in [0.717, 1.165) is 4.90 Å². The van der Waals surface area contributed by atoms with Gasteiger partial charge in [0.25, 0.3) is 11.8 Å². The Labute approximate surface area is 193 Å². The smallest absolute Gasteiger partial charge is 0.254 e. The lowest BCUT2D eigenvalue weighted by Gasteiger charge is -2.40. The van der Waals surface area contributed by atoms with Crippen LogP contribution in [-0.2, 0) is 24.0 Å². The van der Waals surface area contributed by atoms with Crippen molar-refractivity contribution < 1.29 is 24.0 Å². The van der Waals surface area contributed by atoms with E-state index in [-0.39, 0.29) is 30.6 Å². The number of ketones is 1. The van der Waals surface area contributed by atoms with Gasteiger partial charge in [0, 0.05) is 23.1 Å². The summed E-state index contributed by atoms with van der Waals surface area (Å²) < 4.78 is 0. The zero-order valence-corrected chi connectivity index (χ0v) is 21.7. The highest BCUT2D eigenvalue weighted by molar-refractivity contribution is 6.13. The van der Waals surface area contributed by atoms with E-state index in [2.05, 4.69) is 10.6 Å². The molecule has 1 rings (SSSR count). The van der Waals surface area contributed by atoms with Gasteiger partial charge in [0.1, 0.15) is 11.8 Å². The number of hydrogen-bond acceptors (Lipinski definition) is 5. The van der Waals surface area contributed by atoms with E-state index < -0.39 is 34.7 Å². The Morgan fingerprint density at radius 2 is 1.38 bits per heavy atom. The molecule has 8 heteroatoms. The zero-order chi connectivity index (χ0) is 25.9. The molecule has 184 valence electrons. The molecule has 0 saturated heterocycles. The average Bonchev–Trinajstić information content (AvgIpc) is 3.05. The highest BCUT2D eigenvalue weighted by atomic mass is 16.2. The van der Waals surface area contributed by atoms with Crippen LogP contribution in [0.15, 0.2) is 12.2 Å². The van der Waals surface area contributed by atoms with E-state index in [1.54, 1.807) is 41.5 Å². The topological polar surface area (TPSA) is 113 Å². The van der Waals surface area contributed by atoms with Crippen molar-refractivity contribution in [3.05, 3.63) is 12.2 Å². The van der Waals surface area contributed by atoms with Gasteiger partial charge in [0.2, 0.25) is 11.8 Å². The van der Waals surface area contributed by atoms with Crippen LogP contribution in [-0.4, -0.2) is 52.4 Å². The van der Waals surface area contributed by atoms with Gasteiger partial charge in [-0.2, -0.15) is 0 Å². The third-order valence-electron chi connectivity index (χ3n) is 4.65. The molecule has 1 atom stereocenters. The summed E-state index contributed by atoms with van der Waals surface area (Å²) in [6, 6.07) is -0.800. The lowest BCUT2D eigenvalue weighted by Crippen LogP contribution is -2.56. The molecule has 0 aromatic rings. The average molecular weight is 454 g/mol. The van der Waals surface area contributed by atoms with Crippen LogP contribution in [0.25, 0.3) is 0 Å². The Balaban J connectivity index is 0. The number of Topliss-reactive ketones (excluding diaryl/α,β-unsaturated/α-hetero) is 1. The maximum absolute atomic E-state index is 12.9. The van der Waals surface area contributed by atoms with E-state index in [1.165, 1.54) is 19.1 Å². The first-order chi connectivity index (χ1) is 14.7. The normalized spacial score (nSPS) is 14.2. The lowest BCUT2D eigenvalue weighted by atomic mass is 9.78. The number of carbonyl (C=O) groups is 5. The molecule has 0 aromatic heterocycles. The number of carbonyl (C=O) groups excluding carboxylic acids is 5. The van der Waals surface area contributed by atoms with Crippen LogP contribution < -0.4 is 10.6 Å².